The SMILES string of the molecule is C=CCN(C)S(=O)(=O)c1ccccc1S(N)(=O)=O. The van der Waals surface area contributed by atoms with Crippen LogP contribution < -0.4 is 5.14 Å². The molecule has 0 saturated heterocycles. The summed E-state index contributed by atoms with van der Waals surface area (Å²) in [7, 11) is -6.68. The van der Waals surface area contributed by atoms with Crippen LogP contribution in [0.3, 0.4) is 0 Å². The second-order valence-electron chi connectivity index (χ2n) is 3.57. The Morgan fingerprint density at radius 1 is 1.22 bits per heavy atom. The van der Waals surface area contributed by atoms with Crippen LogP contribution in [0.4, 0.5) is 0 Å². The van der Waals surface area contributed by atoms with E-state index in [-0.39, 0.29) is 11.4 Å². The molecule has 0 bridgehead atoms. The lowest BCUT2D eigenvalue weighted by Gasteiger charge is -2.16. The van der Waals surface area contributed by atoms with Crippen molar-refractivity contribution in [2.45, 2.75) is 9.79 Å². The average Bonchev–Trinajstić information content (AvgIpc) is 2.28. The molecule has 1 aromatic rings. The molecule has 0 aliphatic rings. The van der Waals surface area contributed by atoms with Crippen LogP contribution in [0, 0.1) is 0 Å². The highest BCUT2D eigenvalue weighted by Crippen LogP contribution is 2.22. The van der Waals surface area contributed by atoms with E-state index in [2.05, 4.69) is 6.58 Å². The summed E-state index contributed by atoms with van der Waals surface area (Å²) < 4.78 is 48.0. The second-order valence-corrected chi connectivity index (χ2v) is 7.11. The van der Waals surface area contributed by atoms with Crippen LogP contribution in [-0.4, -0.2) is 34.7 Å². The molecule has 0 spiro atoms. The first kappa shape index (κ1) is 14.8. The number of rotatable bonds is 5. The van der Waals surface area contributed by atoms with Gasteiger partial charge in [-0.05, 0) is 12.1 Å². The smallest absolute Gasteiger partial charge is 0.225 e. The Bertz CT molecular complexity index is 650. The van der Waals surface area contributed by atoms with Crippen LogP contribution in [0.5, 0.6) is 0 Å². The zero-order valence-corrected chi connectivity index (χ0v) is 11.4. The van der Waals surface area contributed by atoms with E-state index in [1.54, 1.807) is 0 Å². The fourth-order valence-corrected chi connectivity index (χ4v) is 3.84. The van der Waals surface area contributed by atoms with E-state index < -0.39 is 24.9 Å². The lowest BCUT2D eigenvalue weighted by Crippen LogP contribution is -2.29. The molecular weight excluding hydrogens is 276 g/mol. The van der Waals surface area contributed by atoms with Gasteiger partial charge in [0.2, 0.25) is 20.0 Å². The first-order valence-electron chi connectivity index (χ1n) is 4.90. The first-order valence-corrected chi connectivity index (χ1v) is 7.89. The average molecular weight is 290 g/mol. The Morgan fingerprint density at radius 2 is 1.72 bits per heavy atom. The summed E-state index contributed by atoms with van der Waals surface area (Å²) in [6.45, 7) is 3.50. The molecule has 6 nitrogen and oxygen atoms in total. The molecule has 0 heterocycles. The summed E-state index contributed by atoms with van der Waals surface area (Å²) in [6, 6.07) is 5.20. The highest BCUT2D eigenvalue weighted by molar-refractivity contribution is 7.92. The van der Waals surface area contributed by atoms with Crippen molar-refractivity contribution in [1.29, 1.82) is 0 Å². The quantitative estimate of drug-likeness (QED) is 0.780. The fraction of sp³-hybridized carbons (Fsp3) is 0.200. The van der Waals surface area contributed by atoms with Crippen molar-refractivity contribution in [3.05, 3.63) is 36.9 Å². The van der Waals surface area contributed by atoms with Crippen LogP contribution >= 0.6 is 0 Å². The normalized spacial score (nSPS) is 12.6. The molecule has 0 aliphatic heterocycles. The van der Waals surface area contributed by atoms with Gasteiger partial charge in [-0.25, -0.2) is 22.0 Å². The molecule has 8 heteroatoms. The molecule has 0 unspecified atom stereocenters. The van der Waals surface area contributed by atoms with E-state index in [1.807, 2.05) is 0 Å². The Hall–Kier alpha value is -1.22. The third-order valence-corrected chi connectivity index (χ3v) is 5.21. The summed E-state index contributed by atoms with van der Waals surface area (Å²) in [6.07, 6.45) is 1.40. The van der Waals surface area contributed by atoms with E-state index in [9.17, 15) is 16.8 Å². The van der Waals surface area contributed by atoms with Gasteiger partial charge in [-0.3, -0.25) is 0 Å². The molecule has 0 atom stereocenters. The zero-order chi connectivity index (χ0) is 14.0. The number of hydrogen-bond donors (Lipinski definition) is 1. The van der Waals surface area contributed by atoms with Gasteiger partial charge in [-0.2, -0.15) is 4.31 Å². The van der Waals surface area contributed by atoms with Gasteiger partial charge in [0.1, 0.15) is 9.79 Å². The largest absolute Gasteiger partial charge is 0.244 e. The lowest BCUT2D eigenvalue weighted by molar-refractivity contribution is 0.496. The van der Waals surface area contributed by atoms with Gasteiger partial charge in [-0.15, -0.1) is 6.58 Å². The molecule has 1 aromatic carbocycles. The minimum atomic E-state index is -4.10. The van der Waals surface area contributed by atoms with Crippen molar-refractivity contribution in [2.75, 3.05) is 13.6 Å². The Balaban J connectivity index is 3.48. The van der Waals surface area contributed by atoms with Gasteiger partial charge in [0.25, 0.3) is 0 Å². The molecule has 0 aliphatic carbocycles. The number of benzene rings is 1. The number of primary sulfonamides is 1. The van der Waals surface area contributed by atoms with Gasteiger partial charge in [0.15, 0.2) is 0 Å². The van der Waals surface area contributed by atoms with E-state index in [0.29, 0.717) is 0 Å². The zero-order valence-electron chi connectivity index (χ0n) is 9.78. The maximum Gasteiger partial charge on any atom is 0.244 e. The van der Waals surface area contributed by atoms with Crippen LogP contribution in [-0.2, 0) is 20.0 Å². The van der Waals surface area contributed by atoms with E-state index in [1.165, 1.54) is 31.3 Å². The topological polar surface area (TPSA) is 97.5 Å². The second kappa shape index (κ2) is 5.19. The van der Waals surface area contributed by atoms with Crippen molar-refractivity contribution in [3.63, 3.8) is 0 Å². The van der Waals surface area contributed by atoms with Crippen molar-refractivity contribution < 1.29 is 16.8 Å². The molecule has 100 valence electrons. The Kier molecular flexibility index (Phi) is 4.28. The monoisotopic (exact) mass is 290 g/mol. The number of nitrogens with zero attached hydrogens (tertiary/aromatic N) is 1. The summed E-state index contributed by atoms with van der Waals surface area (Å²) in [4.78, 5) is -0.752. The van der Waals surface area contributed by atoms with Crippen molar-refractivity contribution in [3.8, 4) is 0 Å². The number of likely N-dealkylation sites (N-methyl/N-ethyl adjacent to an activating group) is 1. The van der Waals surface area contributed by atoms with Crippen LogP contribution in [0.2, 0.25) is 0 Å². The van der Waals surface area contributed by atoms with E-state index in [0.717, 1.165) is 10.4 Å². The highest BCUT2D eigenvalue weighted by Gasteiger charge is 2.26. The molecule has 0 fully saturated rings. The molecule has 0 amide bonds. The molecule has 0 aromatic heterocycles. The lowest BCUT2D eigenvalue weighted by atomic mass is 10.4. The Labute approximate surface area is 107 Å². The summed E-state index contributed by atoms with van der Waals surface area (Å²) in [5.41, 5.74) is 0. The van der Waals surface area contributed by atoms with Crippen LogP contribution in [0.1, 0.15) is 0 Å². The van der Waals surface area contributed by atoms with Gasteiger partial charge in [0, 0.05) is 13.6 Å². The van der Waals surface area contributed by atoms with Gasteiger partial charge >= 0.3 is 0 Å². The maximum absolute atomic E-state index is 12.1. The molecule has 1 rings (SSSR count). The predicted octanol–water partition coefficient (Wildman–Crippen LogP) is 0.141. The van der Waals surface area contributed by atoms with Crippen molar-refractivity contribution >= 4 is 20.0 Å². The standard InChI is InChI=1S/C10H14N2O4S2/c1-3-8-12(2)18(15,16)10-7-5-4-6-9(10)17(11,13)14/h3-7H,1,8H2,2H3,(H2,11,13,14). The van der Waals surface area contributed by atoms with Crippen LogP contribution in [0.25, 0.3) is 0 Å². The Morgan fingerprint density at radius 3 is 2.17 bits per heavy atom. The van der Waals surface area contributed by atoms with Gasteiger partial charge < -0.3 is 0 Å². The third-order valence-electron chi connectivity index (χ3n) is 2.23. The number of hydrogen-bond acceptors (Lipinski definition) is 4. The van der Waals surface area contributed by atoms with Crippen LogP contribution in [0.15, 0.2) is 46.7 Å². The third kappa shape index (κ3) is 2.96. The van der Waals surface area contributed by atoms with Crippen molar-refractivity contribution in [1.82, 2.24) is 4.31 Å². The van der Waals surface area contributed by atoms with Gasteiger partial charge in [-0.1, -0.05) is 18.2 Å². The van der Waals surface area contributed by atoms with E-state index in [4.69, 9.17) is 5.14 Å². The summed E-state index contributed by atoms with van der Waals surface area (Å²) in [5.74, 6) is 0. The predicted molar refractivity (Wildman–Crippen MR) is 67.8 cm³/mol. The maximum atomic E-state index is 12.1. The van der Waals surface area contributed by atoms with Gasteiger partial charge in [0.05, 0.1) is 0 Å². The highest BCUT2D eigenvalue weighted by atomic mass is 32.2. The molecule has 0 saturated carbocycles. The molecule has 18 heavy (non-hydrogen) atoms. The molecule has 0 radical (unpaired) electrons. The summed E-state index contributed by atoms with van der Waals surface area (Å²) in [5, 5.41) is 5.00. The van der Waals surface area contributed by atoms with E-state index >= 15 is 0 Å². The minimum Gasteiger partial charge on any atom is -0.225 e. The van der Waals surface area contributed by atoms with Crippen molar-refractivity contribution in [2.24, 2.45) is 5.14 Å². The summed E-state index contributed by atoms with van der Waals surface area (Å²) >= 11 is 0. The fourth-order valence-electron chi connectivity index (χ4n) is 1.35. The first-order chi connectivity index (χ1) is 8.21. The number of nitrogens with two attached hydrogens (primary N) is 1. The minimum absolute atomic E-state index is 0.0707. The molecular formula is C10H14N2O4S2. The molecule has 2 N–H and O–H groups in total. The number of sulfonamides is 2.